The van der Waals surface area contributed by atoms with Gasteiger partial charge < -0.3 is 15.3 Å². The molecule has 3 heterocycles. The van der Waals surface area contributed by atoms with Crippen LogP contribution in [0.2, 0.25) is 0 Å². The number of nitrogens with one attached hydrogen (secondary N) is 2. The molecule has 0 aromatic carbocycles. The van der Waals surface area contributed by atoms with Gasteiger partial charge in [-0.15, -0.1) is 0 Å². The van der Waals surface area contributed by atoms with Crippen LogP contribution in [0.5, 0.6) is 0 Å². The zero-order valence-electron chi connectivity index (χ0n) is 14.3. The molecule has 132 valence electrons. The number of piperidine rings is 1. The van der Waals surface area contributed by atoms with Crippen molar-refractivity contribution in [2.75, 3.05) is 29.9 Å². The van der Waals surface area contributed by atoms with Crippen LogP contribution in [-0.4, -0.2) is 45.0 Å². The summed E-state index contributed by atoms with van der Waals surface area (Å²) in [5, 5.41) is 20.6. The van der Waals surface area contributed by atoms with E-state index in [4.69, 9.17) is 4.98 Å². The number of rotatable bonds is 5. The molecule has 25 heavy (non-hydrogen) atoms. The molecule has 2 saturated carbocycles. The van der Waals surface area contributed by atoms with Crippen LogP contribution in [-0.2, 0) is 0 Å². The Kier molecular flexibility index (Phi) is 3.45. The fraction of sp³-hybridized carbons (Fsp3) is 0.611. The van der Waals surface area contributed by atoms with Crippen molar-refractivity contribution >= 4 is 17.6 Å². The zero-order valence-corrected chi connectivity index (χ0v) is 14.3. The average Bonchev–Trinajstić information content (AvgIpc) is 3.32. The second-order valence-corrected chi connectivity index (χ2v) is 8.00. The summed E-state index contributed by atoms with van der Waals surface area (Å²) in [6.45, 7) is 2.09. The van der Waals surface area contributed by atoms with E-state index in [1.54, 1.807) is 6.20 Å². The van der Waals surface area contributed by atoms with Crippen molar-refractivity contribution in [2.45, 2.75) is 38.0 Å². The number of aliphatic hydroxyl groups excluding tert-OH is 1. The van der Waals surface area contributed by atoms with Crippen LogP contribution in [0.25, 0.3) is 0 Å². The van der Waals surface area contributed by atoms with Crippen molar-refractivity contribution in [1.29, 1.82) is 0 Å². The lowest BCUT2D eigenvalue weighted by atomic mass is 9.83. The minimum absolute atomic E-state index is 0.0388. The van der Waals surface area contributed by atoms with Crippen molar-refractivity contribution in [3.05, 3.63) is 24.0 Å². The molecule has 0 radical (unpaired) electrons. The Morgan fingerprint density at radius 1 is 1.32 bits per heavy atom. The van der Waals surface area contributed by atoms with Gasteiger partial charge in [-0.3, -0.25) is 5.10 Å². The smallest absolute Gasteiger partial charge is 0.227 e. The van der Waals surface area contributed by atoms with Crippen LogP contribution in [0.15, 0.2) is 18.3 Å². The van der Waals surface area contributed by atoms with E-state index >= 15 is 0 Å². The van der Waals surface area contributed by atoms with Gasteiger partial charge in [0.1, 0.15) is 5.82 Å². The third kappa shape index (κ3) is 2.86. The molecule has 2 bridgehead atoms. The molecule has 3 N–H and O–H groups in total. The third-order valence-electron chi connectivity index (χ3n) is 5.94. The predicted octanol–water partition coefficient (Wildman–Crippen LogP) is 2.42. The van der Waals surface area contributed by atoms with Crippen LogP contribution in [0.4, 0.5) is 17.6 Å². The van der Waals surface area contributed by atoms with Crippen LogP contribution in [0.3, 0.4) is 0 Å². The number of aromatic nitrogens is 4. The summed E-state index contributed by atoms with van der Waals surface area (Å²) in [5.74, 6) is 3.61. The molecule has 1 aliphatic heterocycles. The molecule has 0 spiro atoms. The average molecular weight is 340 g/mol. The van der Waals surface area contributed by atoms with Gasteiger partial charge in [-0.1, -0.05) is 0 Å². The van der Waals surface area contributed by atoms with E-state index in [1.807, 2.05) is 6.07 Å². The van der Waals surface area contributed by atoms with E-state index in [0.717, 1.165) is 43.5 Å². The Balaban J connectivity index is 1.34. The number of aliphatic hydroxyl groups is 1. The lowest BCUT2D eigenvalue weighted by Gasteiger charge is -2.39. The van der Waals surface area contributed by atoms with Crippen LogP contribution in [0.1, 0.15) is 43.7 Å². The molecule has 1 saturated heterocycles. The number of hydrogen-bond acceptors (Lipinski definition) is 6. The maximum Gasteiger partial charge on any atom is 0.227 e. The maximum atomic E-state index is 9.84. The molecule has 2 atom stereocenters. The number of H-pyrrole nitrogens is 1. The van der Waals surface area contributed by atoms with E-state index in [1.165, 1.54) is 25.0 Å². The molecule has 3 fully saturated rings. The molecule has 2 aromatic heterocycles. The molecular formula is C18H24N6O. The Morgan fingerprint density at radius 2 is 2.24 bits per heavy atom. The minimum atomic E-state index is 0.0388. The molecule has 2 aliphatic carbocycles. The third-order valence-corrected chi connectivity index (χ3v) is 5.94. The minimum Gasteiger partial charge on any atom is -0.396 e. The summed E-state index contributed by atoms with van der Waals surface area (Å²) in [7, 11) is 0. The van der Waals surface area contributed by atoms with Gasteiger partial charge in [-0.25, -0.2) is 4.98 Å². The first kappa shape index (κ1) is 15.1. The number of nitrogens with zero attached hydrogens (tertiary/aromatic N) is 4. The van der Waals surface area contributed by atoms with Gasteiger partial charge in [0.25, 0.3) is 0 Å². The second-order valence-electron chi connectivity index (χ2n) is 8.00. The van der Waals surface area contributed by atoms with E-state index in [0.29, 0.717) is 11.8 Å². The van der Waals surface area contributed by atoms with Crippen molar-refractivity contribution < 1.29 is 5.11 Å². The van der Waals surface area contributed by atoms with Gasteiger partial charge in [0.05, 0.1) is 6.61 Å². The molecule has 2 aromatic rings. The van der Waals surface area contributed by atoms with Gasteiger partial charge in [0.15, 0.2) is 5.82 Å². The Bertz CT molecular complexity index is 772. The van der Waals surface area contributed by atoms with Crippen LogP contribution < -0.4 is 10.2 Å². The first-order valence-electron chi connectivity index (χ1n) is 9.24. The van der Waals surface area contributed by atoms with Gasteiger partial charge in [-0.05, 0) is 44.1 Å². The summed E-state index contributed by atoms with van der Waals surface area (Å²) in [5.41, 5.74) is 1.24. The first-order valence-corrected chi connectivity index (χ1v) is 9.24. The molecule has 7 nitrogen and oxygen atoms in total. The largest absolute Gasteiger partial charge is 0.396 e. The molecule has 5 rings (SSSR count). The van der Waals surface area contributed by atoms with Crippen molar-refractivity contribution in [1.82, 2.24) is 20.2 Å². The predicted molar refractivity (Wildman–Crippen MR) is 95.0 cm³/mol. The molecular weight excluding hydrogens is 316 g/mol. The number of aromatic amines is 1. The van der Waals surface area contributed by atoms with Crippen molar-refractivity contribution in [2.24, 2.45) is 11.3 Å². The fourth-order valence-electron chi connectivity index (χ4n) is 4.46. The lowest BCUT2D eigenvalue weighted by molar-refractivity contribution is 0.120. The van der Waals surface area contributed by atoms with E-state index in [9.17, 15) is 5.11 Å². The van der Waals surface area contributed by atoms with Crippen LogP contribution in [0, 0.1) is 11.3 Å². The topological polar surface area (TPSA) is 90.0 Å². The molecule has 7 heteroatoms. The lowest BCUT2D eigenvalue weighted by Crippen LogP contribution is -2.45. The van der Waals surface area contributed by atoms with E-state index in [-0.39, 0.29) is 12.0 Å². The van der Waals surface area contributed by atoms with Gasteiger partial charge in [0, 0.05) is 42.4 Å². The van der Waals surface area contributed by atoms with Gasteiger partial charge in [-0.2, -0.15) is 10.1 Å². The van der Waals surface area contributed by atoms with E-state index < -0.39 is 0 Å². The van der Waals surface area contributed by atoms with Crippen molar-refractivity contribution in [3.63, 3.8) is 0 Å². The summed E-state index contributed by atoms with van der Waals surface area (Å²) in [6.07, 6.45) is 7.74. The Labute approximate surface area is 146 Å². The van der Waals surface area contributed by atoms with Crippen molar-refractivity contribution in [3.8, 4) is 0 Å². The highest BCUT2D eigenvalue weighted by molar-refractivity contribution is 5.54. The monoisotopic (exact) mass is 340 g/mol. The summed E-state index contributed by atoms with van der Waals surface area (Å²) < 4.78 is 0. The highest BCUT2D eigenvalue weighted by Gasteiger charge is 2.45. The second kappa shape index (κ2) is 5.69. The highest BCUT2D eigenvalue weighted by atomic mass is 16.3. The number of anilines is 3. The Morgan fingerprint density at radius 3 is 3.08 bits per heavy atom. The summed E-state index contributed by atoms with van der Waals surface area (Å²) >= 11 is 0. The fourth-order valence-corrected chi connectivity index (χ4v) is 4.46. The highest BCUT2D eigenvalue weighted by Crippen LogP contribution is 2.46. The Hall–Kier alpha value is -2.15. The summed E-state index contributed by atoms with van der Waals surface area (Å²) in [4.78, 5) is 11.4. The number of hydrogen-bond donors (Lipinski definition) is 3. The van der Waals surface area contributed by atoms with Gasteiger partial charge >= 0.3 is 0 Å². The SMILES string of the molecule is OCC12CCC(CN(c3nccc(Nc4cc(C5CC5)[nH]n4)n3)C1)C2. The normalized spacial score (nSPS) is 28.4. The maximum absolute atomic E-state index is 9.84. The molecule has 0 amide bonds. The molecule has 2 unspecified atom stereocenters. The van der Waals surface area contributed by atoms with Crippen LogP contribution >= 0.6 is 0 Å². The quantitative estimate of drug-likeness (QED) is 0.774. The molecule has 3 aliphatic rings. The standard InChI is InChI=1S/C18H24N6O/c25-11-18-5-3-12(8-18)9-24(10-18)17-19-6-4-15(21-17)20-16-7-14(22-23-16)13-1-2-13/h4,6-7,12-13,25H,1-3,5,8-11H2,(H2,19,20,21,22,23). The van der Waals surface area contributed by atoms with E-state index in [2.05, 4.69) is 31.5 Å². The summed E-state index contributed by atoms with van der Waals surface area (Å²) in [6, 6.07) is 3.94. The van der Waals surface area contributed by atoms with Gasteiger partial charge in [0.2, 0.25) is 5.95 Å². The zero-order chi connectivity index (χ0) is 16.9. The number of fused-ring (bicyclic) bond motifs is 2. The first-order chi connectivity index (χ1) is 12.2.